The number of halogens is 3. The number of carbonyl (C=O) groups is 1. The normalized spacial score (nSPS) is 11.8. The molecule has 1 atom stereocenters. The van der Waals surface area contributed by atoms with Gasteiger partial charge in [0.1, 0.15) is 11.6 Å². The molecule has 0 heterocycles. The fourth-order valence-corrected chi connectivity index (χ4v) is 3.34. The van der Waals surface area contributed by atoms with Crippen molar-refractivity contribution in [1.29, 1.82) is 0 Å². The molecule has 0 bridgehead atoms. The van der Waals surface area contributed by atoms with Gasteiger partial charge in [-0.2, -0.15) is 0 Å². The van der Waals surface area contributed by atoms with E-state index in [-0.39, 0.29) is 16.5 Å². The molecule has 31 heavy (non-hydrogen) atoms. The fourth-order valence-electron chi connectivity index (χ4n) is 3.07. The average molecular weight is 445 g/mol. The zero-order valence-electron chi connectivity index (χ0n) is 17.2. The van der Waals surface area contributed by atoms with Gasteiger partial charge in [-0.1, -0.05) is 17.7 Å². The van der Waals surface area contributed by atoms with Crippen LogP contribution in [0.25, 0.3) is 0 Å². The first-order chi connectivity index (χ1) is 14.7. The second-order valence-corrected chi connectivity index (χ2v) is 7.77. The Morgan fingerprint density at radius 2 is 1.77 bits per heavy atom. The Balaban J connectivity index is 1.80. The molecule has 0 aliphatic rings. The third kappa shape index (κ3) is 5.81. The maximum Gasteiger partial charge on any atom is 0.194 e. The number of aliphatic hydroxyl groups is 1. The van der Waals surface area contributed by atoms with Gasteiger partial charge in [-0.15, -0.1) is 0 Å². The monoisotopic (exact) mass is 444 g/mol. The Labute approximate surface area is 184 Å². The average Bonchev–Trinajstić information content (AvgIpc) is 2.71. The zero-order chi connectivity index (χ0) is 22.5. The summed E-state index contributed by atoms with van der Waals surface area (Å²) in [5.41, 5.74) is 2.97. The standard InChI is InChI=1S/C24H23ClF2N2O2/c1-14-3-5-17(28-10-9-15(2)30)12-20(14)24(31)19-7-6-18(13-21(19)25)29-23-8-4-16(26)11-22(23)27/h3-8,11-13,15,28-30H,9-10H2,1-2H3. The third-order valence-corrected chi connectivity index (χ3v) is 5.11. The van der Waals surface area contributed by atoms with Crippen LogP contribution < -0.4 is 10.6 Å². The Hall–Kier alpha value is -2.96. The lowest BCUT2D eigenvalue weighted by atomic mass is 9.98. The van der Waals surface area contributed by atoms with Crippen LogP contribution in [-0.2, 0) is 0 Å². The number of carbonyl (C=O) groups excluding carboxylic acids is 1. The van der Waals surface area contributed by atoms with E-state index < -0.39 is 17.7 Å². The number of hydrogen-bond acceptors (Lipinski definition) is 4. The second kappa shape index (κ2) is 9.90. The molecule has 1 unspecified atom stereocenters. The van der Waals surface area contributed by atoms with Gasteiger partial charge in [0.15, 0.2) is 5.78 Å². The molecule has 0 aliphatic heterocycles. The van der Waals surface area contributed by atoms with Gasteiger partial charge in [0, 0.05) is 35.1 Å². The van der Waals surface area contributed by atoms with Crippen molar-refractivity contribution in [3.8, 4) is 0 Å². The predicted octanol–water partition coefficient (Wildman–Crippen LogP) is 6.08. The molecule has 7 heteroatoms. The molecule has 4 nitrogen and oxygen atoms in total. The summed E-state index contributed by atoms with van der Waals surface area (Å²) < 4.78 is 26.9. The van der Waals surface area contributed by atoms with Gasteiger partial charge in [-0.25, -0.2) is 8.78 Å². The van der Waals surface area contributed by atoms with Crippen molar-refractivity contribution in [3.63, 3.8) is 0 Å². The molecule has 3 N–H and O–H groups in total. The molecule has 0 saturated carbocycles. The molecule has 0 spiro atoms. The van der Waals surface area contributed by atoms with E-state index in [2.05, 4.69) is 10.6 Å². The molecular weight excluding hydrogens is 422 g/mol. The van der Waals surface area contributed by atoms with Crippen molar-refractivity contribution < 1.29 is 18.7 Å². The van der Waals surface area contributed by atoms with Gasteiger partial charge >= 0.3 is 0 Å². The van der Waals surface area contributed by atoms with E-state index in [0.717, 1.165) is 23.4 Å². The van der Waals surface area contributed by atoms with Crippen LogP contribution in [0.4, 0.5) is 25.8 Å². The minimum absolute atomic E-state index is 0.100. The van der Waals surface area contributed by atoms with Gasteiger partial charge in [0.2, 0.25) is 0 Å². The summed E-state index contributed by atoms with van der Waals surface area (Å²) in [7, 11) is 0. The van der Waals surface area contributed by atoms with Crippen molar-refractivity contribution in [2.24, 2.45) is 0 Å². The predicted molar refractivity (Wildman–Crippen MR) is 120 cm³/mol. The highest BCUT2D eigenvalue weighted by atomic mass is 35.5. The third-order valence-electron chi connectivity index (χ3n) is 4.80. The summed E-state index contributed by atoms with van der Waals surface area (Å²) >= 11 is 6.36. The highest BCUT2D eigenvalue weighted by Gasteiger charge is 2.17. The van der Waals surface area contributed by atoms with Crippen molar-refractivity contribution in [2.45, 2.75) is 26.4 Å². The van der Waals surface area contributed by atoms with Crippen molar-refractivity contribution in [3.05, 3.63) is 87.9 Å². The van der Waals surface area contributed by atoms with Gasteiger partial charge in [-0.3, -0.25) is 4.79 Å². The Morgan fingerprint density at radius 1 is 1.03 bits per heavy atom. The number of hydrogen-bond donors (Lipinski definition) is 3. The summed E-state index contributed by atoms with van der Waals surface area (Å²) in [6.45, 7) is 4.14. The van der Waals surface area contributed by atoms with Crippen LogP contribution in [0.15, 0.2) is 54.6 Å². The van der Waals surface area contributed by atoms with E-state index >= 15 is 0 Å². The Morgan fingerprint density at radius 3 is 2.45 bits per heavy atom. The number of aryl methyl sites for hydroxylation is 1. The molecule has 0 aromatic heterocycles. The quantitative estimate of drug-likeness (QED) is 0.368. The lowest BCUT2D eigenvalue weighted by Gasteiger charge is -2.13. The number of ketones is 1. The largest absolute Gasteiger partial charge is 0.393 e. The highest BCUT2D eigenvalue weighted by molar-refractivity contribution is 6.35. The summed E-state index contributed by atoms with van der Waals surface area (Å²) in [5, 5.41) is 15.6. The molecule has 162 valence electrons. The zero-order valence-corrected chi connectivity index (χ0v) is 17.9. The molecule has 0 aliphatic carbocycles. The smallest absolute Gasteiger partial charge is 0.194 e. The van der Waals surface area contributed by atoms with E-state index in [1.165, 1.54) is 12.1 Å². The minimum Gasteiger partial charge on any atom is -0.393 e. The second-order valence-electron chi connectivity index (χ2n) is 7.37. The van der Waals surface area contributed by atoms with E-state index in [1.54, 1.807) is 25.1 Å². The molecule has 3 aromatic carbocycles. The summed E-state index contributed by atoms with van der Waals surface area (Å²) in [5.74, 6) is -1.63. The molecule has 3 rings (SSSR count). The first kappa shape index (κ1) is 22.7. The first-order valence-electron chi connectivity index (χ1n) is 9.83. The topological polar surface area (TPSA) is 61.4 Å². The van der Waals surface area contributed by atoms with Crippen molar-refractivity contribution in [2.75, 3.05) is 17.2 Å². The van der Waals surface area contributed by atoms with Gasteiger partial charge in [-0.05, 0) is 68.3 Å². The number of anilines is 3. The highest BCUT2D eigenvalue weighted by Crippen LogP contribution is 2.28. The van der Waals surface area contributed by atoms with Crippen LogP contribution in [0.5, 0.6) is 0 Å². The van der Waals surface area contributed by atoms with Crippen LogP contribution in [0.2, 0.25) is 5.02 Å². The minimum atomic E-state index is -0.730. The van der Waals surface area contributed by atoms with E-state index in [0.29, 0.717) is 29.8 Å². The van der Waals surface area contributed by atoms with Crippen LogP contribution in [0.1, 0.15) is 34.8 Å². The molecule has 0 radical (unpaired) electrons. The number of benzene rings is 3. The van der Waals surface area contributed by atoms with Gasteiger partial charge in [0.25, 0.3) is 0 Å². The van der Waals surface area contributed by atoms with Crippen molar-refractivity contribution in [1.82, 2.24) is 0 Å². The van der Waals surface area contributed by atoms with Crippen LogP contribution >= 0.6 is 11.6 Å². The number of rotatable bonds is 8. The Kier molecular flexibility index (Phi) is 7.25. The number of nitrogens with one attached hydrogen (secondary N) is 2. The van der Waals surface area contributed by atoms with Crippen LogP contribution in [-0.4, -0.2) is 23.5 Å². The molecule has 0 amide bonds. The van der Waals surface area contributed by atoms with E-state index in [1.807, 2.05) is 19.1 Å². The maximum atomic E-state index is 13.9. The molecule has 0 saturated heterocycles. The van der Waals surface area contributed by atoms with Gasteiger partial charge < -0.3 is 15.7 Å². The van der Waals surface area contributed by atoms with E-state index in [4.69, 9.17) is 11.6 Å². The summed E-state index contributed by atoms with van der Waals surface area (Å²) in [6.07, 6.45) is 0.180. The van der Waals surface area contributed by atoms with Gasteiger partial charge in [0.05, 0.1) is 16.8 Å². The van der Waals surface area contributed by atoms with E-state index in [9.17, 15) is 18.7 Å². The lowest BCUT2D eigenvalue weighted by Crippen LogP contribution is -2.11. The van der Waals surface area contributed by atoms with Crippen molar-refractivity contribution >= 4 is 34.4 Å². The van der Waals surface area contributed by atoms with Crippen LogP contribution in [0, 0.1) is 18.6 Å². The maximum absolute atomic E-state index is 13.9. The number of aliphatic hydroxyl groups excluding tert-OH is 1. The summed E-state index contributed by atoms with van der Waals surface area (Å²) in [4.78, 5) is 13.1. The summed E-state index contributed by atoms with van der Waals surface area (Å²) in [6, 6.07) is 13.4. The molecule has 3 aromatic rings. The first-order valence-corrected chi connectivity index (χ1v) is 10.2. The molecular formula is C24H23ClF2N2O2. The molecule has 0 fully saturated rings. The fraction of sp³-hybridized carbons (Fsp3) is 0.208. The SMILES string of the molecule is Cc1ccc(NCCC(C)O)cc1C(=O)c1ccc(Nc2ccc(F)cc2F)cc1Cl. The van der Waals surface area contributed by atoms with Crippen LogP contribution in [0.3, 0.4) is 0 Å². The Bertz CT molecular complexity index is 1100. The lowest BCUT2D eigenvalue weighted by molar-refractivity contribution is 0.103.